The number of rotatable bonds is 7. The van der Waals surface area contributed by atoms with Crippen LogP contribution in [0, 0.1) is 0 Å². The third-order valence-corrected chi connectivity index (χ3v) is 3.25. The summed E-state index contributed by atoms with van der Waals surface area (Å²) in [5.74, 6) is -3.47. The predicted octanol–water partition coefficient (Wildman–Crippen LogP) is 1.09. The molecule has 138 valence electrons. The second kappa shape index (κ2) is 8.09. The fraction of sp³-hybridized carbons (Fsp3) is 0.471. The first kappa shape index (κ1) is 20.6. The number of hydrogen-bond donors (Lipinski definition) is 3. The Morgan fingerprint density at radius 1 is 1.16 bits per heavy atom. The van der Waals surface area contributed by atoms with Crippen LogP contribution in [0.3, 0.4) is 0 Å². The van der Waals surface area contributed by atoms with E-state index in [2.05, 4.69) is 0 Å². The zero-order chi connectivity index (χ0) is 19.3. The van der Waals surface area contributed by atoms with Crippen molar-refractivity contribution in [2.75, 3.05) is 0 Å². The number of hydrogen-bond acceptors (Lipinski definition) is 7. The minimum absolute atomic E-state index is 0.400. The minimum atomic E-state index is -2.34. The van der Waals surface area contributed by atoms with E-state index >= 15 is 0 Å². The van der Waals surface area contributed by atoms with Gasteiger partial charge in [0.1, 0.15) is 5.60 Å². The van der Waals surface area contributed by atoms with E-state index in [0.717, 1.165) is 0 Å². The van der Waals surface area contributed by atoms with Gasteiger partial charge in [-0.25, -0.2) is 9.59 Å². The summed E-state index contributed by atoms with van der Waals surface area (Å²) >= 11 is 0. The highest BCUT2D eigenvalue weighted by Crippen LogP contribution is 2.19. The van der Waals surface area contributed by atoms with Crippen molar-refractivity contribution < 1.29 is 29.0 Å². The van der Waals surface area contributed by atoms with Crippen LogP contribution in [0.15, 0.2) is 30.3 Å². The van der Waals surface area contributed by atoms with E-state index in [1.807, 2.05) is 0 Å². The third kappa shape index (κ3) is 6.17. The van der Waals surface area contributed by atoms with Crippen molar-refractivity contribution in [3.05, 3.63) is 35.9 Å². The van der Waals surface area contributed by atoms with Crippen LogP contribution in [-0.2, 0) is 23.9 Å². The zero-order valence-corrected chi connectivity index (χ0v) is 14.5. The molecule has 5 N–H and O–H groups in total. The highest BCUT2D eigenvalue weighted by atomic mass is 16.6. The minimum Gasteiger partial charge on any atom is -0.479 e. The monoisotopic (exact) mass is 352 g/mol. The maximum atomic E-state index is 12.1. The van der Waals surface area contributed by atoms with Crippen molar-refractivity contribution in [1.82, 2.24) is 0 Å². The van der Waals surface area contributed by atoms with Crippen LogP contribution in [0.1, 0.15) is 45.4 Å². The van der Waals surface area contributed by atoms with Gasteiger partial charge in [-0.15, -0.1) is 0 Å². The van der Waals surface area contributed by atoms with Gasteiger partial charge < -0.3 is 20.3 Å². The first-order valence-corrected chi connectivity index (χ1v) is 7.71. The van der Waals surface area contributed by atoms with Crippen molar-refractivity contribution in [1.29, 1.82) is 0 Å². The molecular weight excluding hydrogens is 328 g/mol. The smallest absolute Gasteiger partial charge is 0.338 e. The number of carboxylic acid groups (broad SMARTS) is 1. The van der Waals surface area contributed by atoms with Gasteiger partial charge in [-0.3, -0.25) is 10.5 Å². The van der Waals surface area contributed by atoms with Crippen LogP contribution in [0.25, 0.3) is 0 Å². The molecule has 1 rings (SSSR count). The normalized spacial score (nSPS) is 14.9. The van der Waals surface area contributed by atoms with Crippen LogP contribution in [0.4, 0.5) is 0 Å². The van der Waals surface area contributed by atoms with Gasteiger partial charge in [-0.05, 0) is 27.2 Å². The number of carbonyl (C=O) groups is 3. The Kier molecular flexibility index (Phi) is 6.66. The summed E-state index contributed by atoms with van der Waals surface area (Å²) in [6, 6.07) is 8.63. The summed E-state index contributed by atoms with van der Waals surface area (Å²) in [5, 5.41) is 9.27. The average Bonchev–Trinajstić information content (AvgIpc) is 2.51. The van der Waals surface area contributed by atoms with Crippen LogP contribution < -0.4 is 11.5 Å². The van der Waals surface area contributed by atoms with Crippen LogP contribution in [0.2, 0.25) is 0 Å². The molecule has 0 aromatic heterocycles. The topological polar surface area (TPSA) is 142 Å². The summed E-state index contributed by atoms with van der Waals surface area (Å²) in [7, 11) is 0. The van der Waals surface area contributed by atoms with E-state index in [9.17, 15) is 19.5 Å². The molecule has 0 saturated carbocycles. The molecule has 8 heteroatoms. The Bertz CT molecular complexity index is 626. The van der Waals surface area contributed by atoms with Crippen LogP contribution in [0.5, 0.6) is 0 Å². The van der Waals surface area contributed by atoms with Gasteiger partial charge in [-0.2, -0.15) is 0 Å². The Balaban J connectivity index is 2.69. The van der Waals surface area contributed by atoms with Gasteiger partial charge in [-0.1, -0.05) is 30.3 Å². The van der Waals surface area contributed by atoms with Crippen molar-refractivity contribution in [2.24, 2.45) is 11.5 Å². The summed E-state index contributed by atoms with van der Waals surface area (Å²) in [4.78, 5) is 35.4. The van der Waals surface area contributed by atoms with Crippen molar-refractivity contribution in [3.8, 4) is 0 Å². The molecule has 8 nitrogen and oxygen atoms in total. The van der Waals surface area contributed by atoms with Crippen LogP contribution >= 0.6 is 0 Å². The number of ether oxygens (including phenoxy) is 2. The summed E-state index contributed by atoms with van der Waals surface area (Å²) in [6.07, 6.45) is -1.87. The molecule has 0 amide bonds. The quantitative estimate of drug-likeness (QED) is 0.376. The molecule has 0 bridgehead atoms. The average molecular weight is 352 g/mol. The van der Waals surface area contributed by atoms with Gasteiger partial charge in [0.2, 0.25) is 5.54 Å². The molecule has 0 heterocycles. The molecule has 0 spiro atoms. The van der Waals surface area contributed by atoms with Gasteiger partial charge in [0, 0.05) is 12.0 Å². The Labute approximate surface area is 146 Å². The van der Waals surface area contributed by atoms with Gasteiger partial charge >= 0.3 is 17.9 Å². The molecular formula is C17H24N2O6. The molecule has 0 aliphatic rings. The zero-order valence-electron chi connectivity index (χ0n) is 14.5. The highest BCUT2D eigenvalue weighted by Gasteiger charge is 2.45. The molecule has 0 fully saturated rings. The van der Waals surface area contributed by atoms with E-state index in [1.165, 1.54) is 0 Å². The lowest BCUT2D eigenvalue weighted by Crippen LogP contribution is -2.57. The number of nitrogens with two attached hydrogens (primary N) is 2. The summed E-state index contributed by atoms with van der Waals surface area (Å²) in [6.45, 7) is 4.75. The number of carbonyl (C=O) groups excluding carboxylic acids is 2. The van der Waals surface area contributed by atoms with E-state index < -0.39 is 48.1 Å². The molecule has 0 aliphatic heterocycles. The lowest BCUT2D eigenvalue weighted by molar-refractivity contribution is -0.169. The predicted molar refractivity (Wildman–Crippen MR) is 89.1 cm³/mol. The molecule has 1 aromatic rings. The SMILES string of the molecule is CC(C)(C)OC(=O)C(N)(CCC(=O)OC(N)c1ccccc1)C(=O)O. The first-order valence-electron chi connectivity index (χ1n) is 7.71. The largest absolute Gasteiger partial charge is 0.479 e. The molecule has 1 aromatic carbocycles. The summed E-state index contributed by atoms with van der Waals surface area (Å²) < 4.78 is 10.1. The fourth-order valence-electron chi connectivity index (χ4n) is 1.88. The molecule has 0 radical (unpaired) electrons. The number of aliphatic carboxylic acids is 1. The van der Waals surface area contributed by atoms with Crippen molar-refractivity contribution in [2.45, 2.75) is 51.0 Å². The maximum Gasteiger partial charge on any atom is 0.338 e. The number of carboxylic acids is 1. The van der Waals surface area contributed by atoms with Gasteiger partial charge in [0.15, 0.2) is 6.23 Å². The molecule has 2 atom stereocenters. The number of benzene rings is 1. The molecule has 2 unspecified atom stereocenters. The second-order valence-electron chi connectivity index (χ2n) is 6.60. The Morgan fingerprint density at radius 2 is 1.72 bits per heavy atom. The van der Waals surface area contributed by atoms with Gasteiger partial charge in [0.25, 0.3) is 0 Å². The van der Waals surface area contributed by atoms with Crippen molar-refractivity contribution in [3.63, 3.8) is 0 Å². The van der Waals surface area contributed by atoms with E-state index in [-0.39, 0.29) is 0 Å². The molecule has 0 saturated heterocycles. The lowest BCUT2D eigenvalue weighted by atomic mass is 9.94. The van der Waals surface area contributed by atoms with Crippen LogP contribution in [-0.4, -0.2) is 34.2 Å². The number of esters is 2. The standard InChI is InChI=1S/C17H24N2O6/c1-16(2,3)25-15(23)17(19,14(21)22)10-9-12(20)24-13(18)11-7-5-4-6-8-11/h4-8,13H,9-10,18-19H2,1-3H3,(H,21,22). The highest BCUT2D eigenvalue weighted by molar-refractivity contribution is 6.04. The molecule has 25 heavy (non-hydrogen) atoms. The lowest BCUT2D eigenvalue weighted by Gasteiger charge is -2.28. The molecule has 0 aliphatic carbocycles. The maximum absolute atomic E-state index is 12.1. The van der Waals surface area contributed by atoms with E-state index in [4.69, 9.17) is 20.9 Å². The Morgan fingerprint density at radius 3 is 2.20 bits per heavy atom. The summed E-state index contributed by atoms with van der Waals surface area (Å²) in [5.41, 5.74) is 8.75. The van der Waals surface area contributed by atoms with Gasteiger partial charge in [0.05, 0.1) is 0 Å². The van der Waals surface area contributed by atoms with E-state index in [1.54, 1.807) is 51.1 Å². The second-order valence-corrected chi connectivity index (χ2v) is 6.60. The Hall–Kier alpha value is -2.45. The fourth-order valence-corrected chi connectivity index (χ4v) is 1.88. The first-order chi connectivity index (χ1) is 11.5. The third-order valence-electron chi connectivity index (χ3n) is 3.25. The van der Waals surface area contributed by atoms with Crippen molar-refractivity contribution >= 4 is 17.9 Å². The van der Waals surface area contributed by atoms with E-state index in [0.29, 0.717) is 5.56 Å².